The summed E-state index contributed by atoms with van der Waals surface area (Å²) in [6, 6.07) is 6.06. The number of hydrogen-bond acceptors (Lipinski definition) is 3. The van der Waals surface area contributed by atoms with Crippen molar-refractivity contribution in [2.24, 2.45) is 23.2 Å². The zero-order valence-corrected chi connectivity index (χ0v) is 18.3. The first-order chi connectivity index (χ1) is 13.9. The highest BCUT2D eigenvalue weighted by Crippen LogP contribution is 2.64. The molecule has 5 atom stereocenters. The first-order valence-electron chi connectivity index (χ1n) is 11.3. The summed E-state index contributed by atoms with van der Waals surface area (Å²) < 4.78 is 11.7. The fourth-order valence-electron chi connectivity index (χ4n) is 6.72. The second-order valence-corrected chi connectivity index (χ2v) is 11.1. The molecule has 5 aliphatic rings. The Balaban J connectivity index is 1.39. The molecular formula is C24H32ClNO3. The third-order valence-electron chi connectivity index (χ3n) is 7.56. The number of fused-ring (bicyclic) bond motifs is 1. The molecular weight excluding hydrogens is 386 g/mol. The van der Waals surface area contributed by atoms with Crippen molar-refractivity contribution in [2.45, 2.75) is 69.7 Å². The Morgan fingerprint density at radius 1 is 1.10 bits per heavy atom. The maximum absolute atomic E-state index is 13.6. The highest BCUT2D eigenvalue weighted by Gasteiger charge is 2.60. The van der Waals surface area contributed by atoms with E-state index in [0.29, 0.717) is 25.0 Å². The van der Waals surface area contributed by atoms with Crippen LogP contribution in [0.15, 0.2) is 18.2 Å². The van der Waals surface area contributed by atoms with E-state index < -0.39 is 0 Å². The summed E-state index contributed by atoms with van der Waals surface area (Å²) in [6.07, 6.45) is 7.20. The van der Waals surface area contributed by atoms with E-state index in [1.165, 1.54) is 6.42 Å². The van der Waals surface area contributed by atoms with Gasteiger partial charge in [0, 0.05) is 11.3 Å². The molecule has 4 saturated carbocycles. The number of alkyl halides is 1. The Labute approximate surface area is 178 Å². The van der Waals surface area contributed by atoms with Crippen LogP contribution in [-0.2, 0) is 4.79 Å². The zero-order valence-electron chi connectivity index (χ0n) is 17.5. The summed E-state index contributed by atoms with van der Waals surface area (Å²) in [4.78, 5) is 13.5. The Morgan fingerprint density at radius 3 is 2.45 bits per heavy atom. The number of carbonyl (C=O) groups is 1. The molecule has 158 valence electrons. The van der Waals surface area contributed by atoms with Gasteiger partial charge in [-0.05, 0) is 74.0 Å². The summed E-state index contributed by atoms with van der Waals surface area (Å²) in [7, 11) is 0. The Morgan fingerprint density at radius 2 is 1.79 bits per heavy atom. The van der Waals surface area contributed by atoms with Crippen LogP contribution in [0.2, 0.25) is 0 Å². The van der Waals surface area contributed by atoms with Gasteiger partial charge in [0.2, 0.25) is 5.91 Å². The topological polar surface area (TPSA) is 47.6 Å². The number of benzene rings is 1. The van der Waals surface area contributed by atoms with Gasteiger partial charge in [-0.1, -0.05) is 19.9 Å². The molecule has 4 fully saturated rings. The van der Waals surface area contributed by atoms with E-state index in [1.54, 1.807) is 0 Å². The van der Waals surface area contributed by atoms with E-state index in [4.69, 9.17) is 21.1 Å². The minimum Gasteiger partial charge on any atom is -0.490 e. The van der Waals surface area contributed by atoms with Gasteiger partial charge in [0.05, 0.1) is 24.7 Å². The third-order valence-corrected chi connectivity index (χ3v) is 8.00. The summed E-state index contributed by atoms with van der Waals surface area (Å²) in [6.45, 7) is 5.67. The molecule has 4 aliphatic carbocycles. The van der Waals surface area contributed by atoms with Crippen molar-refractivity contribution in [3.05, 3.63) is 23.8 Å². The Bertz CT molecular complexity index is 793. The zero-order chi connectivity index (χ0) is 20.2. The van der Waals surface area contributed by atoms with Gasteiger partial charge in [-0.3, -0.25) is 4.79 Å². The molecule has 1 aromatic rings. The maximum Gasteiger partial charge on any atom is 0.226 e. The van der Waals surface area contributed by atoms with Gasteiger partial charge < -0.3 is 14.8 Å². The van der Waals surface area contributed by atoms with Crippen LogP contribution in [0.3, 0.4) is 0 Å². The highest BCUT2D eigenvalue weighted by atomic mass is 35.5. The van der Waals surface area contributed by atoms with Crippen LogP contribution in [0.25, 0.3) is 0 Å². The summed E-state index contributed by atoms with van der Waals surface area (Å²) in [5.74, 6) is 3.31. The number of rotatable bonds is 4. The molecule has 1 N–H and O–H groups in total. The van der Waals surface area contributed by atoms with E-state index in [2.05, 4.69) is 25.2 Å². The summed E-state index contributed by atoms with van der Waals surface area (Å²) in [5.41, 5.74) is 0.812. The molecule has 1 aliphatic heterocycles. The van der Waals surface area contributed by atoms with Gasteiger partial charge >= 0.3 is 0 Å². The van der Waals surface area contributed by atoms with Crippen molar-refractivity contribution in [2.75, 3.05) is 13.2 Å². The second kappa shape index (κ2) is 7.08. The fourth-order valence-corrected chi connectivity index (χ4v) is 7.41. The number of amides is 1. The molecule has 29 heavy (non-hydrogen) atoms. The smallest absolute Gasteiger partial charge is 0.226 e. The van der Waals surface area contributed by atoms with Crippen LogP contribution >= 0.6 is 11.6 Å². The van der Waals surface area contributed by atoms with E-state index >= 15 is 0 Å². The van der Waals surface area contributed by atoms with E-state index in [9.17, 15) is 4.79 Å². The lowest BCUT2D eigenvalue weighted by Gasteiger charge is -2.59. The normalized spacial score (nSPS) is 36.0. The lowest BCUT2D eigenvalue weighted by molar-refractivity contribution is -0.145. The van der Waals surface area contributed by atoms with Crippen LogP contribution in [0.4, 0.5) is 0 Å². The fraction of sp³-hybridized carbons (Fsp3) is 0.708. The first kappa shape index (κ1) is 19.5. The van der Waals surface area contributed by atoms with Crippen molar-refractivity contribution in [3.63, 3.8) is 0 Å². The molecule has 0 saturated heterocycles. The van der Waals surface area contributed by atoms with Crippen molar-refractivity contribution >= 4 is 17.5 Å². The average molecular weight is 418 g/mol. The van der Waals surface area contributed by atoms with E-state index in [-0.39, 0.29) is 28.2 Å². The van der Waals surface area contributed by atoms with Crippen LogP contribution in [0, 0.1) is 23.2 Å². The van der Waals surface area contributed by atoms with Gasteiger partial charge in [0.15, 0.2) is 11.5 Å². The molecule has 0 radical (unpaired) electrons. The molecule has 0 spiro atoms. The standard InChI is InChI=1S/C24H32ClNO3/c1-15(2)21(18-4-5-19-20(9-18)29-7-3-6-28-19)26-22(27)23-10-16-8-17(11-23)13-24(25,12-16)14-23/h4-5,9,15-17,21H,3,6-8,10-14H2,1-2H3,(H,26,27)/t16-,17+,21-,23?,24?/m0/s1. The Hall–Kier alpha value is -1.42. The van der Waals surface area contributed by atoms with Crippen LogP contribution in [0.5, 0.6) is 11.5 Å². The average Bonchev–Trinajstić information content (AvgIpc) is 2.88. The van der Waals surface area contributed by atoms with Crippen molar-refractivity contribution in [1.29, 1.82) is 0 Å². The third kappa shape index (κ3) is 3.52. The van der Waals surface area contributed by atoms with Crippen LogP contribution in [-0.4, -0.2) is 24.0 Å². The van der Waals surface area contributed by atoms with Crippen molar-refractivity contribution < 1.29 is 14.3 Å². The van der Waals surface area contributed by atoms with Gasteiger partial charge in [-0.25, -0.2) is 0 Å². The quantitative estimate of drug-likeness (QED) is 0.681. The van der Waals surface area contributed by atoms with Gasteiger partial charge in [-0.15, -0.1) is 11.6 Å². The monoisotopic (exact) mass is 417 g/mol. The Kier molecular flexibility index (Phi) is 4.77. The molecule has 1 amide bonds. The minimum absolute atomic E-state index is 0.0427. The summed E-state index contributed by atoms with van der Waals surface area (Å²) in [5, 5.41) is 3.44. The van der Waals surface area contributed by atoms with Crippen LogP contribution in [0.1, 0.15) is 70.4 Å². The van der Waals surface area contributed by atoms with Crippen LogP contribution < -0.4 is 14.8 Å². The molecule has 1 aromatic carbocycles. The van der Waals surface area contributed by atoms with Gasteiger partial charge in [-0.2, -0.15) is 0 Å². The SMILES string of the molecule is CC(C)[C@H](NC(=O)C12C[C@@H]3C[C@@H](CC(Cl)(C3)C1)C2)c1ccc2c(c1)OCCCO2. The largest absolute Gasteiger partial charge is 0.490 e. The lowest BCUT2D eigenvalue weighted by Crippen LogP contribution is -2.58. The second-order valence-electron chi connectivity index (χ2n) is 10.3. The van der Waals surface area contributed by atoms with Gasteiger partial charge in [0.1, 0.15) is 0 Å². The van der Waals surface area contributed by atoms with Gasteiger partial charge in [0.25, 0.3) is 0 Å². The molecule has 2 unspecified atom stereocenters. The van der Waals surface area contributed by atoms with E-state index in [0.717, 1.165) is 55.6 Å². The number of ether oxygens (including phenoxy) is 2. The van der Waals surface area contributed by atoms with E-state index in [1.807, 2.05) is 12.1 Å². The highest BCUT2D eigenvalue weighted by molar-refractivity contribution is 6.24. The number of carbonyl (C=O) groups excluding carboxylic acids is 1. The predicted molar refractivity (Wildman–Crippen MR) is 113 cm³/mol. The van der Waals surface area contributed by atoms with Crippen molar-refractivity contribution in [1.82, 2.24) is 5.32 Å². The number of nitrogens with one attached hydrogen (secondary N) is 1. The molecule has 5 heteroatoms. The predicted octanol–water partition coefficient (Wildman–Crippen LogP) is 5.24. The number of halogens is 1. The molecule has 6 rings (SSSR count). The molecule has 4 nitrogen and oxygen atoms in total. The first-order valence-corrected chi connectivity index (χ1v) is 11.6. The molecule has 1 heterocycles. The minimum atomic E-state index is -0.274. The maximum atomic E-state index is 13.6. The number of hydrogen-bond donors (Lipinski definition) is 1. The van der Waals surface area contributed by atoms with Crippen molar-refractivity contribution in [3.8, 4) is 11.5 Å². The lowest BCUT2D eigenvalue weighted by atomic mass is 9.49. The summed E-state index contributed by atoms with van der Waals surface area (Å²) >= 11 is 6.97. The molecule has 0 aromatic heterocycles. The molecule has 4 bridgehead atoms.